The van der Waals surface area contributed by atoms with E-state index in [9.17, 15) is 0 Å². The van der Waals surface area contributed by atoms with Crippen molar-refractivity contribution in [2.45, 2.75) is 128 Å². The molecule has 7 atom stereocenters. The van der Waals surface area contributed by atoms with Crippen LogP contribution in [0.25, 0.3) is 0 Å². The summed E-state index contributed by atoms with van der Waals surface area (Å²) in [4.78, 5) is 0. The lowest BCUT2D eigenvalue weighted by atomic mass is 9.44. The quantitative estimate of drug-likeness (QED) is 0.437. The lowest BCUT2D eigenvalue weighted by Crippen LogP contribution is -2.84. The summed E-state index contributed by atoms with van der Waals surface area (Å²) < 4.78 is 20.1. The molecule has 4 saturated heterocycles. The molecule has 30 heavy (non-hydrogen) atoms. The first-order valence-corrected chi connectivity index (χ1v) is 14.4. The molecule has 4 heterocycles. The van der Waals surface area contributed by atoms with E-state index >= 15 is 0 Å². The fraction of sp³-hybridized carbons (Fsp3) is 1.00. The van der Waals surface area contributed by atoms with Crippen LogP contribution >= 0.6 is 17.2 Å². The molecule has 5 rings (SSSR count). The predicted molar refractivity (Wildman–Crippen MR) is 131 cm³/mol. The summed E-state index contributed by atoms with van der Waals surface area (Å²) in [6.07, 6.45) is 6.74. The molecule has 174 valence electrons. The summed E-state index contributed by atoms with van der Waals surface area (Å²) in [5.74, 6) is 0.378. The average molecular weight is 457 g/mol. The van der Waals surface area contributed by atoms with Crippen molar-refractivity contribution in [1.29, 1.82) is 0 Å². The molecule has 5 aliphatic rings. The van der Waals surface area contributed by atoms with Crippen LogP contribution in [0.15, 0.2) is 0 Å². The van der Waals surface area contributed by atoms with E-state index < -0.39 is 11.6 Å². The molecular formula is C25H46O3P2. The Bertz CT molecular complexity index is 648. The summed E-state index contributed by atoms with van der Waals surface area (Å²) >= 11 is 0. The van der Waals surface area contributed by atoms with E-state index in [4.69, 9.17) is 14.2 Å². The van der Waals surface area contributed by atoms with E-state index in [0.29, 0.717) is 16.2 Å². The second-order valence-electron chi connectivity index (χ2n) is 13.5. The smallest absolute Gasteiger partial charge is 0.172 e. The van der Waals surface area contributed by atoms with Crippen LogP contribution in [0.3, 0.4) is 0 Å². The van der Waals surface area contributed by atoms with Crippen molar-refractivity contribution in [1.82, 2.24) is 0 Å². The van der Waals surface area contributed by atoms with Gasteiger partial charge < -0.3 is 14.2 Å². The largest absolute Gasteiger partial charge is 0.343 e. The molecule has 0 aromatic heterocycles. The average Bonchev–Trinajstić information content (AvgIpc) is 2.43. The molecule has 0 spiro atoms. The SMILES string of the molecule is CC12CC3(C)OC(C)(CC(C)(O1)C3(CP)[C@@H]1CC[C@@H]1CP(C(C)(C)C)C(C)(C)C)O2. The number of rotatable bonds is 4. The minimum atomic E-state index is -0.527. The normalized spacial score (nSPS) is 50.8. The molecule has 0 radical (unpaired) electrons. The van der Waals surface area contributed by atoms with Gasteiger partial charge in [0.15, 0.2) is 11.6 Å². The second-order valence-corrected chi connectivity index (χ2v) is 17.8. The van der Waals surface area contributed by atoms with E-state index in [1.165, 1.54) is 19.0 Å². The Labute approximate surface area is 189 Å². The Morgan fingerprint density at radius 3 is 1.60 bits per heavy atom. The minimum absolute atomic E-state index is 0.0210. The highest BCUT2D eigenvalue weighted by Gasteiger charge is 2.79. The zero-order valence-corrected chi connectivity index (χ0v) is 23.2. The lowest BCUT2D eigenvalue weighted by molar-refractivity contribution is -0.550. The maximum Gasteiger partial charge on any atom is 0.172 e. The van der Waals surface area contributed by atoms with Crippen molar-refractivity contribution < 1.29 is 14.2 Å². The maximum atomic E-state index is 6.87. The third kappa shape index (κ3) is 3.23. The highest BCUT2D eigenvalue weighted by molar-refractivity contribution is 7.60. The van der Waals surface area contributed by atoms with Gasteiger partial charge in [-0.05, 0) is 75.0 Å². The summed E-state index contributed by atoms with van der Waals surface area (Å²) in [5.41, 5.74) is -0.401. The van der Waals surface area contributed by atoms with Gasteiger partial charge in [-0.2, -0.15) is 0 Å². The molecule has 5 unspecified atom stereocenters. The summed E-state index contributed by atoms with van der Waals surface area (Å²) in [7, 11) is 3.02. The van der Waals surface area contributed by atoms with Gasteiger partial charge in [0.05, 0.1) is 11.2 Å². The van der Waals surface area contributed by atoms with E-state index in [1.54, 1.807) is 0 Å². The first-order valence-electron chi connectivity index (χ1n) is 12.0. The van der Waals surface area contributed by atoms with Crippen molar-refractivity contribution in [3.8, 4) is 0 Å². The molecule has 5 heteroatoms. The number of ether oxygens (including phenoxy) is 3. The molecule has 5 fully saturated rings. The molecule has 0 aromatic carbocycles. The predicted octanol–water partition coefficient (Wildman–Crippen LogP) is 6.77. The Kier molecular flexibility index (Phi) is 5.30. The molecule has 4 aliphatic heterocycles. The minimum Gasteiger partial charge on any atom is -0.343 e. The summed E-state index contributed by atoms with van der Waals surface area (Å²) in [6, 6.07) is 0. The van der Waals surface area contributed by atoms with Crippen molar-refractivity contribution >= 4 is 17.2 Å². The molecule has 0 aromatic rings. The zero-order valence-electron chi connectivity index (χ0n) is 21.1. The van der Waals surface area contributed by atoms with Crippen molar-refractivity contribution in [2.75, 3.05) is 12.3 Å². The lowest BCUT2D eigenvalue weighted by Gasteiger charge is -2.77. The Hall–Kier alpha value is 0.740. The maximum absolute atomic E-state index is 6.87. The highest BCUT2D eigenvalue weighted by Crippen LogP contribution is 2.74. The van der Waals surface area contributed by atoms with Crippen molar-refractivity contribution in [3.63, 3.8) is 0 Å². The molecule has 4 bridgehead atoms. The van der Waals surface area contributed by atoms with Crippen molar-refractivity contribution in [2.24, 2.45) is 17.3 Å². The fourth-order valence-electron chi connectivity index (χ4n) is 8.54. The third-order valence-electron chi connectivity index (χ3n) is 8.93. The van der Waals surface area contributed by atoms with Gasteiger partial charge in [-0.25, -0.2) is 0 Å². The Balaban J connectivity index is 1.70. The Morgan fingerprint density at radius 1 is 0.800 bits per heavy atom. The zero-order chi connectivity index (χ0) is 22.6. The summed E-state index contributed by atoms with van der Waals surface area (Å²) in [6.45, 7) is 23.8. The van der Waals surface area contributed by atoms with Crippen LogP contribution in [0.5, 0.6) is 0 Å². The molecule has 0 N–H and O–H groups in total. The number of hydrogen-bond donors (Lipinski definition) is 0. The van der Waals surface area contributed by atoms with Crippen LogP contribution in [0.2, 0.25) is 0 Å². The molecule has 1 saturated carbocycles. The monoisotopic (exact) mass is 456 g/mol. The highest BCUT2D eigenvalue weighted by atomic mass is 31.1. The van der Waals surface area contributed by atoms with Gasteiger partial charge in [0, 0.05) is 18.3 Å². The molecular weight excluding hydrogens is 410 g/mol. The van der Waals surface area contributed by atoms with Crippen molar-refractivity contribution in [3.05, 3.63) is 0 Å². The third-order valence-corrected chi connectivity index (χ3v) is 13.6. The fourth-order valence-corrected chi connectivity index (χ4v) is 13.7. The van der Waals surface area contributed by atoms with Gasteiger partial charge in [0.1, 0.15) is 0 Å². The van der Waals surface area contributed by atoms with E-state index in [1.807, 2.05) is 0 Å². The van der Waals surface area contributed by atoms with E-state index in [-0.39, 0.29) is 24.5 Å². The molecule has 3 nitrogen and oxygen atoms in total. The van der Waals surface area contributed by atoms with Crippen LogP contribution in [0, 0.1) is 17.3 Å². The first-order chi connectivity index (χ1) is 13.4. The van der Waals surface area contributed by atoms with Gasteiger partial charge in [-0.1, -0.05) is 49.5 Å². The number of hydrogen-bond acceptors (Lipinski definition) is 3. The second kappa shape index (κ2) is 6.66. The van der Waals surface area contributed by atoms with Crippen LogP contribution in [0.4, 0.5) is 0 Å². The standard InChI is InChI=1S/C25H46O3P2/c1-19(2,3)30(20(4,5)6)13-17-11-12-18(17)25(16-29)21(7)14-23(9)27-22(25,8)15-24(10,26-21)28-23/h17-18H,11-16,29H2,1-10H3/t17-,18-,21?,22?,23?,24?,25?/m1/s1. The van der Waals surface area contributed by atoms with Crippen LogP contribution in [0.1, 0.15) is 94.9 Å². The van der Waals surface area contributed by atoms with E-state index in [0.717, 1.165) is 24.9 Å². The van der Waals surface area contributed by atoms with Gasteiger partial charge in [-0.3, -0.25) is 0 Å². The topological polar surface area (TPSA) is 27.7 Å². The van der Waals surface area contributed by atoms with Crippen LogP contribution < -0.4 is 0 Å². The van der Waals surface area contributed by atoms with Crippen LogP contribution in [-0.2, 0) is 14.2 Å². The summed E-state index contributed by atoms with van der Waals surface area (Å²) in [5, 5.41) is 0.753. The molecule has 0 amide bonds. The van der Waals surface area contributed by atoms with Gasteiger partial charge in [0.25, 0.3) is 0 Å². The van der Waals surface area contributed by atoms with Gasteiger partial charge in [0.2, 0.25) is 0 Å². The first kappa shape index (κ1) is 23.9. The van der Waals surface area contributed by atoms with E-state index in [2.05, 4.69) is 78.5 Å². The molecule has 1 aliphatic carbocycles. The van der Waals surface area contributed by atoms with Gasteiger partial charge in [-0.15, -0.1) is 9.24 Å². The van der Waals surface area contributed by atoms with Gasteiger partial charge >= 0.3 is 0 Å². The Morgan fingerprint density at radius 2 is 1.27 bits per heavy atom. The van der Waals surface area contributed by atoms with Crippen LogP contribution in [-0.4, -0.2) is 45.4 Å².